The van der Waals surface area contributed by atoms with Crippen molar-refractivity contribution in [3.8, 4) is 0 Å². The lowest BCUT2D eigenvalue weighted by atomic mass is 9.93. The lowest BCUT2D eigenvalue weighted by molar-refractivity contribution is -0.00472. The minimum atomic E-state index is -0.668. The van der Waals surface area contributed by atoms with E-state index < -0.39 is 12.1 Å². The smallest absolute Gasteiger partial charge is 0.338 e. The quantitative estimate of drug-likeness (QED) is 0.453. The number of methoxy groups -OCH3 is 1. The van der Waals surface area contributed by atoms with Crippen molar-refractivity contribution in [2.24, 2.45) is 0 Å². The van der Waals surface area contributed by atoms with E-state index in [1.807, 2.05) is 25.1 Å². The normalized spacial score (nSPS) is 13.7. The number of carbonyl (C=O) groups excluding carboxylic acids is 1. The molecule has 3 rings (SSSR count). The molecule has 0 saturated carbocycles. The van der Waals surface area contributed by atoms with E-state index in [1.54, 1.807) is 12.1 Å². The van der Waals surface area contributed by atoms with Gasteiger partial charge in [0.25, 0.3) is 0 Å². The van der Waals surface area contributed by atoms with E-state index in [9.17, 15) is 9.90 Å². The summed E-state index contributed by atoms with van der Waals surface area (Å²) < 4.78 is 10.7. The molecule has 1 unspecified atom stereocenters. The Morgan fingerprint density at radius 1 is 1.03 bits per heavy atom. The van der Waals surface area contributed by atoms with Gasteiger partial charge in [0.2, 0.25) is 0 Å². The van der Waals surface area contributed by atoms with E-state index in [4.69, 9.17) is 9.47 Å². The van der Waals surface area contributed by atoms with E-state index in [-0.39, 0.29) is 18.2 Å². The van der Waals surface area contributed by atoms with Crippen LogP contribution in [0.5, 0.6) is 0 Å². The molecule has 5 heteroatoms. The lowest BCUT2D eigenvalue weighted by Gasteiger charge is -2.28. The van der Waals surface area contributed by atoms with Crippen LogP contribution in [0.25, 0.3) is 10.8 Å². The highest BCUT2D eigenvalue weighted by Gasteiger charge is 2.21. The highest BCUT2D eigenvalue weighted by Crippen LogP contribution is 2.22. The van der Waals surface area contributed by atoms with Gasteiger partial charge in [-0.3, -0.25) is 0 Å². The minimum Gasteiger partial charge on any atom is -0.465 e. The third kappa shape index (κ3) is 6.39. The van der Waals surface area contributed by atoms with Crippen molar-refractivity contribution in [1.29, 1.82) is 0 Å². The topological polar surface area (TPSA) is 67.8 Å². The summed E-state index contributed by atoms with van der Waals surface area (Å²) in [7, 11) is 1.36. The predicted molar refractivity (Wildman–Crippen MR) is 128 cm³/mol. The monoisotopic (exact) mass is 435 g/mol. The van der Waals surface area contributed by atoms with E-state index in [0.29, 0.717) is 12.1 Å². The summed E-state index contributed by atoms with van der Waals surface area (Å²) in [4.78, 5) is 12.0. The lowest BCUT2D eigenvalue weighted by Crippen LogP contribution is -2.46. The van der Waals surface area contributed by atoms with Crippen LogP contribution in [0.3, 0.4) is 0 Å². The molecule has 2 atom stereocenters. The molecule has 3 aromatic rings. The number of benzene rings is 3. The zero-order chi connectivity index (χ0) is 23.1. The summed E-state index contributed by atoms with van der Waals surface area (Å²) in [6.07, 6.45) is -0.168. The Labute approximate surface area is 190 Å². The fourth-order valence-corrected chi connectivity index (χ4v) is 3.87. The molecule has 0 saturated heterocycles. The molecule has 0 aromatic heterocycles. The van der Waals surface area contributed by atoms with E-state index in [2.05, 4.69) is 55.6 Å². The number of fused-ring (bicyclic) bond motifs is 1. The first kappa shape index (κ1) is 23.9. The maximum Gasteiger partial charge on any atom is 0.338 e. The van der Waals surface area contributed by atoms with Gasteiger partial charge in [0, 0.05) is 12.1 Å². The molecule has 0 amide bonds. The maximum atomic E-state index is 12.0. The largest absolute Gasteiger partial charge is 0.465 e. The SMILES string of the molecule is COC(=O)c1ccccc1C(C)OC[C@H](O)CNC(C)(C)Cc1ccc2ccccc2c1. The molecule has 2 N–H and O–H groups in total. The first-order valence-electron chi connectivity index (χ1n) is 11.0. The minimum absolute atomic E-state index is 0.162. The average molecular weight is 436 g/mol. The first-order chi connectivity index (χ1) is 15.3. The molecular formula is C27H33NO4. The van der Waals surface area contributed by atoms with Gasteiger partial charge in [0.05, 0.1) is 31.5 Å². The Kier molecular flexibility index (Phi) is 8.02. The number of hydrogen-bond donors (Lipinski definition) is 2. The van der Waals surface area contributed by atoms with Crippen LogP contribution in [0.2, 0.25) is 0 Å². The molecule has 0 radical (unpaired) electrons. The van der Waals surface area contributed by atoms with E-state index in [1.165, 1.54) is 23.4 Å². The Morgan fingerprint density at radius 3 is 2.47 bits per heavy atom. The molecule has 3 aromatic carbocycles. The van der Waals surface area contributed by atoms with Crippen LogP contribution in [0.4, 0.5) is 0 Å². The third-order valence-corrected chi connectivity index (χ3v) is 5.62. The molecule has 32 heavy (non-hydrogen) atoms. The van der Waals surface area contributed by atoms with Crippen LogP contribution in [0.1, 0.15) is 48.4 Å². The Morgan fingerprint density at radius 2 is 1.72 bits per heavy atom. The van der Waals surface area contributed by atoms with Gasteiger partial charge in [-0.1, -0.05) is 60.7 Å². The highest BCUT2D eigenvalue weighted by molar-refractivity contribution is 5.91. The second-order valence-electron chi connectivity index (χ2n) is 8.83. The Balaban J connectivity index is 1.51. The molecule has 0 spiro atoms. The van der Waals surface area contributed by atoms with Crippen LogP contribution in [0, 0.1) is 0 Å². The van der Waals surface area contributed by atoms with Gasteiger partial charge in [-0.25, -0.2) is 4.79 Å². The maximum absolute atomic E-state index is 12.0. The zero-order valence-corrected chi connectivity index (χ0v) is 19.3. The van der Waals surface area contributed by atoms with Crippen LogP contribution < -0.4 is 5.32 Å². The van der Waals surface area contributed by atoms with Crippen molar-refractivity contribution in [3.63, 3.8) is 0 Å². The van der Waals surface area contributed by atoms with Crippen molar-refractivity contribution >= 4 is 16.7 Å². The van der Waals surface area contributed by atoms with Gasteiger partial charge in [-0.15, -0.1) is 0 Å². The van der Waals surface area contributed by atoms with Crippen LogP contribution in [-0.4, -0.2) is 43.0 Å². The number of rotatable bonds is 10. The summed E-state index contributed by atoms with van der Waals surface area (Å²) in [5.41, 5.74) is 2.29. The fraction of sp³-hybridized carbons (Fsp3) is 0.370. The number of esters is 1. The molecule has 5 nitrogen and oxygen atoms in total. The number of carbonyl (C=O) groups is 1. The zero-order valence-electron chi connectivity index (χ0n) is 19.3. The number of nitrogens with one attached hydrogen (secondary N) is 1. The van der Waals surface area contributed by atoms with Gasteiger partial charge in [0.1, 0.15) is 0 Å². The van der Waals surface area contributed by atoms with E-state index >= 15 is 0 Å². The molecule has 0 heterocycles. The van der Waals surface area contributed by atoms with E-state index in [0.717, 1.165) is 12.0 Å². The molecular weight excluding hydrogens is 402 g/mol. The standard InChI is InChI=1S/C27H33NO4/c1-19(24-11-7-8-12-25(24)26(30)31-4)32-18-23(29)17-28-27(2,3)16-20-13-14-21-9-5-6-10-22(21)15-20/h5-15,19,23,28-29H,16-18H2,1-4H3/t19?,23-/m1/s1. The van der Waals surface area contributed by atoms with Crippen LogP contribution in [0.15, 0.2) is 66.7 Å². The van der Waals surface area contributed by atoms with Crippen LogP contribution in [-0.2, 0) is 15.9 Å². The highest BCUT2D eigenvalue weighted by atomic mass is 16.5. The Hall–Kier alpha value is -2.73. The third-order valence-electron chi connectivity index (χ3n) is 5.62. The van der Waals surface area contributed by atoms with Crippen molar-refractivity contribution < 1.29 is 19.4 Å². The fourth-order valence-electron chi connectivity index (χ4n) is 3.87. The van der Waals surface area contributed by atoms with Gasteiger partial charge in [-0.2, -0.15) is 0 Å². The summed E-state index contributed by atoms with van der Waals surface area (Å²) in [5.74, 6) is -0.395. The molecule has 0 fully saturated rings. The van der Waals surface area contributed by atoms with Gasteiger partial charge >= 0.3 is 5.97 Å². The van der Waals surface area contributed by atoms with Gasteiger partial charge in [0.15, 0.2) is 0 Å². The van der Waals surface area contributed by atoms with Crippen molar-refractivity contribution in [2.75, 3.05) is 20.3 Å². The van der Waals surface area contributed by atoms with Crippen molar-refractivity contribution in [1.82, 2.24) is 5.32 Å². The number of aliphatic hydroxyl groups is 1. The average Bonchev–Trinajstić information content (AvgIpc) is 2.80. The molecule has 0 aliphatic heterocycles. The molecule has 0 bridgehead atoms. The van der Waals surface area contributed by atoms with Crippen molar-refractivity contribution in [3.05, 3.63) is 83.4 Å². The molecule has 0 aliphatic rings. The summed E-state index contributed by atoms with van der Waals surface area (Å²) in [5, 5.41) is 16.4. The second-order valence-corrected chi connectivity index (χ2v) is 8.83. The number of aliphatic hydroxyl groups excluding tert-OH is 1. The molecule has 0 aliphatic carbocycles. The second kappa shape index (κ2) is 10.7. The first-order valence-corrected chi connectivity index (χ1v) is 11.0. The summed E-state index contributed by atoms with van der Waals surface area (Å²) >= 11 is 0. The summed E-state index contributed by atoms with van der Waals surface area (Å²) in [6.45, 7) is 6.70. The van der Waals surface area contributed by atoms with Crippen molar-refractivity contribution in [2.45, 2.75) is 44.9 Å². The number of hydrogen-bond acceptors (Lipinski definition) is 5. The summed E-state index contributed by atoms with van der Waals surface area (Å²) in [6, 6.07) is 22.1. The van der Waals surface area contributed by atoms with Gasteiger partial charge < -0.3 is 19.9 Å². The van der Waals surface area contributed by atoms with Crippen LogP contribution >= 0.6 is 0 Å². The van der Waals surface area contributed by atoms with Gasteiger partial charge in [-0.05, 0) is 55.2 Å². The Bertz CT molecular complexity index is 1050. The number of ether oxygens (including phenoxy) is 2. The number of β-amino-alcohol motifs (C(OH)–C–C–N with tert-alkyl or cyclic N) is 1. The predicted octanol–water partition coefficient (Wildman–Crippen LogP) is 4.68. The molecule has 170 valence electrons.